The highest BCUT2D eigenvalue weighted by molar-refractivity contribution is 5.53. The molecule has 10 heteroatoms. The van der Waals surface area contributed by atoms with E-state index in [1.807, 2.05) is 13.8 Å². The number of H-pyrrole nitrogens is 2. The van der Waals surface area contributed by atoms with Crippen molar-refractivity contribution in [3.05, 3.63) is 45.9 Å². The van der Waals surface area contributed by atoms with Gasteiger partial charge in [-0.15, -0.1) is 10.2 Å². The second-order valence-corrected chi connectivity index (χ2v) is 6.13. The summed E-state index contributed by atoms with van der Waals surface area (Å²) in [6.45, 7) is 3.86. The van der Waals surface area contributed by atoms with Crippen LogP contribution in [0.5, 0.6) is 11.6 Å². The summed E-state index contributed by atoms with van der Waals surface area (Å²) in [6.07, 6.45) is 0. The highest BCUT2D eigenvalue weighted by Crippen LogP contribution is 2.28. The van der Waals surface area contributed by atoms with Crippen LogP contribution in [0.3, 0.4) is 0 Å². The molecule has 28 heavy (non-hydrogen) atoms. The molecule has 0 saturated carbocycles. The van der Waals surface area contributed by atoms with Gasteiger partial charge in [0.15, 0.2) is 0 Å². The highest BCUT2D eigenvalue weighted by atomic mass is 16.5. The lowest BCUT2D eigenvalue weighted by Gasteiger charge is -2.03. The Morgan fingerprint density at radius 2 is 1.89 bits per heavy atom. The van der Waals surface area contributed by atoms with Crippen molar-refractivity contribution in [2.45, 2.75) is 19.8 Å². The molecule has 0 atom stereocenters. The van der Waals surface area contributed by atoms with E-state index in [2.05, 4.69) is 31.6 Å². The number of nitrogens with zero attached hydrogens (tertiary/aromatic N) is 5. The molecule has 2 aromatic heterocycles. The van der Waals surface area contributed by atoms with Gasteiger partial charge in [0.2, 0.25) is 17.4 Å². The summed E-state index contributed by atoms with van der Waals surface area (Å²) in [6, 6.07) is 8.95. The molecule has 0 radical (unpaired) electrons. The third kappa shape index (κ3) is 3.37. The molecule has 0 spiro atoms. The smallest absolute Gasteiger partial charge is 0.303 e. The average Bonchev–Trinajstić information content (AvgIpc) is 3.26. The van der Waals surface area contributed by atoms with Gasteiger partial charge in [-0.05, 0) is 30.2 Å². The quantitative estimate of drug-likeness (QED) is 0.632. The molecule has 1 aromatic carbocycles. The molecule has 0 aliphatic heterocycles. The van der Waals surface area contributed by atoms with Gasteiger partial charge in [-0.25, -0.2) is 4.68 Å². The summed E-state index contributed by atoms with van der Waals surface area (Å²) in [5.41, 5.74) is 1.04. The van der Waals surface area contributed by atoms with Gasteiger partial charge >= 0.3 is 5.56 Å². The van der Waals surface area contributed by atoms with Crippen LogP contribution in [0.25, 0.3) is 5.69 Å². The Morgan fingerprint density at radius 1 is 1.18 bits per heavy atom. The molecular formula is C18H19N7O3. The molecule has 0 amide bonds. The van der Waals surface area contributed by atoms with E-state index >= 15 is 0 Å². The van der Waals surface area contributed by atoms with Crippen molar-refractivity contribution in [1.29, 1.82) is 5.26 Å². The van der Waals surface area contributed by atoms with Crippen LogP contribution in [0.15, 0.2) is 39.3 Å². The Hall–Kier alpha value is -3.87. The fourth-order valence-corrected chi connectivity index (χ4v) is 2.60. The minimum Gasteiger partial charge on any atom is -0.497 e. The molecule has 0 saturated heterocycles. The van der Waals surface area contributed by atoms with E-state index in [0.29, 0.717) is 22.7 Å². The number of ether oxygens (including phenoxy) is 2. The minimum absolute atomic E-state index is 0.0312. The first kappa shape index (κ1) is 18.9. The van der Waals surface area contributed by atoms with Crippen LogP contribution in [0.1, 0.15) is 31.0 Å². The second kappa shape index (κ2) is 7.79. The van der Waals surface area contributed by atoms with Crippen molar-refractivity contribution in [3.63, 3.8) is 0 Å². The zero-order valence-electron chi connectivity index (χ0n) is 15.8. The number of nitrogens with one attached hydrogen (secondary N) is 2. The molecule has 3 aromatic rings. The van der Waals surface area contributed by atoms with Crippen molar-refractivity contribution in [2.24, 2.45) is 10.2 Å². The van der Waals surface area contributed by atoms with Crippen molar-refractivity contribution >= 4 is 11.5 Å². The summed E-state index contributed by atoms with van der Waals surface area (Å²) in [5.74, 6) is 0.992. The largest absolute Gasteiger partial charge is 0.497 e. The maximum Gasteiger partial charge on any atom is 0.303 e. The first-order valence-electron chi connectivity index (χ1n) is 8.43. The standard InChI is InChI=1S/C18H19N7O3/c1-10(2)14-13(9-19)16(22-20-14)23-21-15-17(28-4)24-25(18(15)26)11-5-7-12(27-3)8-6-11/h5-8,10,24H,1-4H3,(H,20,22). The molecule has 2 N–H and O–H groups in total. The van der Waals surface area contributed by atoms with E-state index < -0.39 is 5.56 Å². The highest BCUT2D eigenvalue weighted by Gasteiger charge is 2.18. The van der Waals surface area contributed by atoms with Gasteiger partial charge in [-0.1, -0.05) is 13.8 Å². The van der Waals surface area contributed by atoms with Gasteiger partial charge in [-0.2, -0.15) is 10.4 Å². The van der Waals surface area contributed by atoms with Crippen molar-refractivity contribution in [3.8, 4) is 23.4 Å². The first-order chi connectivity index (χ1) is 13.5. The normalized spacial score (nSPS) is 11.1. The lowest BCUT2D eigenvalue weighted by molar-refractivity contribution is 0.395. The predicted molar refractivity (Wildman–Crippen MR) is 101 cm³/mol. The second-order valence-electron chi connectivity index (χ2n) is 6.13. The molecule has 0 aliphatic rings. The molecular weight excluding hydrogens is 362 g/mol. The topological polar surface area (TPSA) is 133 Å². The third-order valence-electron chi connectivity index (χ3n) is 4.08. The van der Waals surface area contributed by atoms with Crippen LogP contribution >= 0.6 is 0 Å². The fraction of sp³-hybridized carbons (Fsp3) is 0.278. The molecule has 0 fully saturated rings. The van der Waals surface area contributed by atoms with E-state index in [4.69, 9.17) is 9.47 Å². The van der Waals surface area contributed by atoms with Crippen LogP contribution in [-0.4, -0.2) is 34.2 Å². The Labute approximate surface area is 160 Å². The van der Waals surface area contributed by atoms with Gasteiger partial charge < -0.3 is 9.47 Å². The summed E-state index contributed by atoms with van der Waals surface area (Å²) in [7, 11) is 2.97. The molecule has 10 nitrogen and oxygen atoms in total. The number of hydrogen-bond donors (Lipinski definition) is 2. The Kier molecular flexibility index (Phi) is 5.26. The summed E-state index contributed by atoms with van der Waals surface area (Å²) in [5, 5.41) is 27.0. The minimum atomic E-state index is -0.455. The molecule has 0 unspecified atom stereocenters. The lowest BCUT2D eigenvalue weighted by Crippen LogP contribution is -2.13. The van der Waals surface area contributed by atoms with Gasteiger partial charge in [0.1, 0.15) is 17.4 Å². The van der Waals surface area contributed by atoms with Crippen LogP contribution in [0, 0.1) is 11.3 Å². The van der Waals surface area contributed by atoms with E-state index in [-0.39, 0.29) is 23.3 Å². The maximum atomic E-state index is 12.8. The van der Waals surface area contributed by atoms with Crippen LogP contribution in [-0.2, 0) is 0 Å². The van der Waals surface area contributed by atoms with Crippen LogP contribution in [0.2, 0.25) is 0 Å². The van der Waals surface area contributed by atoms with E-state index in [9.17, 15) is 10.1 Å². The van der Waals surface area contributed by atoms with E-state index in [1.54, 1.807) is 31.4 Å². The van der Waals surface area contributed by atoms with E-state index in [0.717, 1.165) is 0 Å². The zero-order chi connectivity index (χ0) is 20.3. The SMILES string of the molecule is COc1ccc(-n2[nH]c(OC)c(N=Nc3n[nH]c(C(C)C)c3C#N)c2=O)cc1. The van der Waals surface area contributed by atoms with Crippen LogP contribution in [0.4, 0.5) is 11.5 Å². The number of methoxy groups -OCH3 is 2. The summed E-state index contributed by atoms with van der Waals surface area (Å²) < 4.78 is 11.6. The predicted octanol–water partition coefficient (Wildman–Crippen LogP) is 3.32. The monoisotopic (exact) mass is 381 g/mol. The number of hydrogen-bond acceptors (Lipinski definition) is 7. The Bertz CT molecular complexity index is 1100. The van der Waals surface area contributed by atoms with Gasteiger partial charge in [0.05, 0.1) is 25.6 Å². The first-order valence-corrected chi connectivity index (χ1v) is 8.43. The number of azo groups is 1. The summed E-state index contributed by atoms with van der Waals surface area (Å²) in [4.78, 5) is 12.8. The van der Waals surface area contributed by atoms with Crippen molar-refractivity contribution in [2.75, 3.05) is 14.2 Å². The average molecular weight is 381 g/mol. The molecule has 2 heterocycles. The Balaban J connectivity index is 2.01. The molecule has 144 valence electrons. The maximum absolute atomic E-state index is 12.8. The third-order valence-corrected chi connectivity index (χ3v) is 4.08. The number of benzene rings is 1. The molecule has 3 rings (SSSR count). The van der Waals surface area contributed by atoms with Crippen molar-refractivity contribution < 1.29 is 9.47 Å². The molecule has 0 bridgehead atoms. The Morgan fingerprint density at radius 3 is 2.46 bits per heavy atom. The molecule has 0 aliphatic carbocycles. The van der Waals surface area contributed by atoms with Crippen LogP contribution < -0.4 is 15.0 Å². The number of rotatable bonds is 6. The lowest BCUT2D eigenvalue weighted by atomic mass is 10.1. The summed E-state index contributed by atoms with van der Waals surface area (Å²) >= 11 is 0. The number of aromatic amines is 2. The zero-order valence-corrected chi connectivity index (χ0v) is 15.8. The number of aromatic nitrogens is 4. The van der Waals surface area contributed by atoms with Gasteiger partial charge in [0.25, 0.3) is 0 Å². The van der Waals surface area contributed by atoms with Gasteiger partial charge in [-0.3, -0.25) is 15.0 Å². The fourth-order valence-electron chi connectivity index (χ4n) is 2.60. The van der Waals surface area contributed by atoms with Gasteiger partial charge in [0, 0.05) is 0 Å². The number of nitriles is 1. The van der Waals surface area contributed by atoms with E-state index in [1.165, 1.54) is 11.8 Å². The van der Waals surface area contributed by atoms with Crippen molar-refractivity contribution in [1.82, 2.24) is 20.0 Å².